The summed E-state index contributed by atoms with van der Waals surface area (Å²) in [5, 5.41) is 12.4. The van der Waals surface area contributed by atoms with Crippen LogP contribution in [0.3, 0.4) is 0 Å². The SMILES string of the molecule is CCCCCCCCC(CCCCCCCC)OC(=O)CCCCOC(=O)[C@@H]1C[C@H](O)CN1. The maximum atomic E-state index is 12.4. The van der Waals surface area contributed by atoms with Crippen molar-refractivity contribution in [1.82, 2.24) is 5.32 Å². The highest BCUT2D eigenvalue weighted by Crippen LogP contribution is 2.18. The highest BCUT2D eigenvalue weighted by molar-refractivity contribution is 5.76. The second-order valence-electron chi connectivity index (χ2n) is 9.70. The Bertz CT molecular complexity index is 483. The first-order valence-corrected chi connectivity index (χ1v) is 13.8. The predicted octanol–water partition coefficient (Wildman–Crippen LogP) is 5.84. The molecule has 0 aromatic rings. The van der Waals surface area contributed by atoms with Gasteiger partial charge in [-0.3, -0.25) is 9.59 Å². The number of hydrogen-bond acceptors (Lipinski definition) is 6. The molecule has 1 aliphatic heterocycles. The van der Waals surface area contributed by atoms with Gasteiger partial charge < -0.3 is 19.9 Å². The Morgan fingerprint density at radius 3 is 1.97 bits per heavy atom. The Morgan fingerprint density at radius 1 is 0.848 bits per heavy atom. The molecule has 0 saturated carbocycles. The topological polar surface area (TPSA) is 84.9 Å². The fourth-order valence-electron chi connectivity index (χ4n) is 4.35. The molecule has 0 amide bonds. The Balaban J connectivity index is 2.20. The van der Waals surface area contributed by atoms with Crippen LogP contribution in [0, 0.1) is 0 Å². The second-order valence-corrected chi connectivity index (χ2v) is 9.70. The number of carbonyl (C=O) groups is 2. The molecule has 0 aliphatic carbocycles. The van der Waals surface area contributed by atoms with Crippen molar-refractivity contribution >= 4 is 11.9 Å². The van der Waals surface area contributed by atoms with Gasteiger partial charge >= 0.3 is 11.9 Å². The minimum atomic E-state index is -0.474. The van der Waals surface area contributed by atoms with E-state index in [1.54, 1.807) is 0 Å². The number of hydrogen-bond donors (Lipinski definition) is 2. The highest BCUT2D eigenvalue weighted by atomic mass is 16.5. The molecular formula is C27H51NO5. The third-order valence-corrected chi connectivity index (χ3v) is 6.47. The molecule has 1 saturated heterocycles. The molecule has 1 fully saturated rings. The molecule has 0 radical (unpaired) electrons. The van der Waals surface area contributed by atoms with E-state index in [-0.39, 0.29) is 18.0 Å². The zero-order valence-electron chi connectivity index (χ0n) is 21.5. The third kappa shape index (κ3) is 16.2. The quantitative estimate of drug-likeness (QED) is 0.162. The minimum Gasteiger partial charge on any atom is -0.465 e. The van der Waals surface area contributed by atoms with Crippen LogP contribution in [0.25, 0.3) is 0 Å². The van der Waals surface area contributed by atoms with Crippen molar-refractivity contribution in [3.8, 4) is 0 Å². The van der Waals surface area contributed by atoms with Crippen LogP contribution in [0.1, 0.15) is 129 Å². The minimum absolute atomic E-state index is 0.0487. The number of unbranched alkanes of at least 4 members (excludes halogenated alkanes) is 11. The molecule has 0 aromatic heterocycles. The van der Waals surface area contributed by atoms with Crippen LogP contribution < -0.4 is 5.32 Å². The summed E-state index contributed by atoms with van der Waals surface area (Å²) in [5.74, 6) is -0.434. The Labute approximate surface area is 202 Å². The van der Waals surface area contributed by atoms with Crippen molar-refractivity contribution in [2.24, 2.45) is 0 Å². The van der Waals surface area contributed by atoms with Crippen LogP contribution >= 0.6 is 0 Å². The lowest BCUT2D eigenvalue weighted by molar-refractivity contribution is -0.150. The molecule has 1 heterocycles. The first-order valence-electron chi connectivity index (χ1n) is 13.8. The average molecular weight is 470 g/mol. The van der Waals surface area contributed by atoms with Gasteiger partial charge in [-0.15, -0.1) is 0 Å². The number of β-amino-alcohol motifs (C(OH)–C–C–N with tert-alkyl or cyclic N) is 1. The molecule has 0 unspecified atom stereocenters. The maximum absolute atomic E-state index is 12.4. The fraction of sp³-hybridized carbons (Fsp3) is 0.926. The summed E-state index contributed by atoms with van der Waals surface area (Å²) in [6.07, 6.45) is 18.7. The van der Waals surface area contributed by atoms with Crippen LogP contribution in [0.15, 0.2) is 0 Å². The van der Waals surface area contributed by atoms with Gasteiger partial charge in [0.2, 0.25) is 0 Å². The van der Waals surface area contributed by atoms with Crippen molar-refractivity contribution in [3.05, 3.63) is 0 Å². The predicted molar refractivity (Wildman–Crippen MR) is 133 cm³/mol. The van der Waals surface area contributed by atoms with E-state index in [2.05, 4.69) is 19.2 Å². The lowest BCUT2D eigenvalue weighted by atomic mass is 10.0. The van der Waals surface area contributed by atoms with Gasteiger partial charge in [-0.25, -0.2) is 0 Å². The van der Waals surface area contributed by atoms with Gasteiger partial charge in [0.1, 0.15) is 12.1 Å². The smallest absolute Gasteiger partial charge is 0.323 e. The van der Waals surface area contributed by atoms with Crippen molar-refractivity contribution < 1.29 is 24.2 Å². The van der Waals surface area contributed by atoms with Gasteiger partial charge in [0.05, 0.1) is 12.7 Å². The lowest BCUT2D eigenvalue weighted by Gasteiger charge is -2.18. The van der Waals surface area contributed by atoms with Gasteiger partial charge in [0, 0.05) is 19.4 Å². The molecular weight excluding hydrogens is 418 g/mol. The molecule has 1 aliphatic rings. The summed E-state index contributed by atoms with van der Waals surface area (Å²) in [7, 11) is 0. The Hall–Kier alpha value is -1.14. The number of nitrogens with one attached hydrogen (secondary N) is 1. The summed E-state index contributed by atoms with van der Waals surface area (Å²) in [4.78, 5) is 24.3. The molecule has 6 heteroatoms. The number of esters is 2. The third-order valence-electron chi connectivity index (χ3n) is 6.47. The summed E-state index contributed by atoms with van der Waals surface area (Å²) in [6, 6.07) is -0.408. The zero-order valence-corrected chi connectivity index (χ0v) is 21.5. The molecule has 2 N–H and O–H groups in total. The molecule has 0 bridgehead atoms. The van der Waals surface area contributed by atoms with Crippen molar-refractivity contribution in [2.45, 2.75) is 148 Å². The van der Waals surface area contributed by atoms with E-state index >= 15 is 0 Å². The fourth-order valence-corrected chi connectivity index (χ4v) is 4.35. The summed E-state index contributed by atoms with van der Waals surface area (Å²) >= 11 is 0. The monoisotopic (exact) mass is 469 g/mol. The van der Waals surface area contributed by atoms with Crippen molar-refractivity contribution in [1.29, 1.82) is 0 Å². The van der Waals surface area contributed by atoms with Crippen LogP contribution in [-0.4, -0.2) is 48.4 Å². The standard InChI is InChI=1S/C27H51NO5/c1-3-5-7-9-11-13-17-24(18-14-12-10-8-6-4-2)33-26(30)19-15-16-20-32-27(31)25-21-23(29)22-28-25/h23-25,28-29H,3-22H2,1-2H3/t23-,25-/m0/s1. The van der Waals surface area contributed by atoms with Crippen molar-refractivity contribution in [2.75, 3.05) is 13.2 Å². The summed E-state index contributed by atoms with van der Waals surface area (Å²) in [5.41, 5.74) is 0. The van der Waals surface area contributed by atoms with Gasteiger partial charge in [-0.1, -0.05) is 78.1 Å². The second kappa shape index (κ2) is 20.3. The molecule has 0 spiro atoms. The molecule has 33 heavy (non-hydrogen) atoms. The molecule has 2 atom stereocenters. The van der Waals surface area contributed by atoms with E-state index in [0.717, 1.165) is 25.7 Å². The van der Waals surface area contributed by atoms with Crippen LogP contribution in [0.4, 0.5) is 0 Å². The molecule has 6 nitrogen and oxygen atoms in total. The van der Waals surface area contributed by atoms with Crippen LogP contribution in [0.2, 0.25) is 0 Å². The number of aliphatic hydroxyl groups is 1. The Kier molecular flexibility index (Phi) is 18.3. The first kappa shape index (κ1) is 29.9. The van der Waals surface area contributed by atoms with Gasteiger partial charge in [0.15, 0.2) is 0 Å². The largest absolute Gasteiger partial charge is 0.465 e. The lowest BCUT2D eigenvalue weighted by Crippen LogP contribution is -2.32. The average Bonchev–Trinajstić information content (AvgIpc) is 3.24. The number of ether oxygens (including phenoxy) is 2. The summed E-state index contributed by atoms with van der Waals surface area (Å²) in [6.45, 7) is 5.21. The maximum Gasteiger partial charge on any atom is 0.323 e. The molecule has 0 aromatic carbocycles. The number of rotatable bonds is 21. The molecule has 1 rings (SSSR count). The first-order chi connectivity index (χ1) is 16.1. The van der Waals surface area contributed by atoms with E-state index < -0.39 is 12.1 Å². The summed E-state index contributed by atoms with van der Waals surface area (Å²) < 4.78 is 11.1. The van der Waals surface area contributed by atoms with E-state index in [4.69, 9.17) is 9.47 Å². The van der Waals surface area contributed by atoms with Gasteiger partial charge in [0.25, 0.3) is 0 Å². The number of carbonyl (C=O) groups excluding carboxylic acids is 2. The van der Waals surface area contributed by atoms with Crippen LogP contribution in [-0.2, 0) is 19.1 Å². The highest BCUT2D eigenvalue weighted by Gasteiger charge is 2.29. The van der Waals surface area contributed by atoms with E-state index in [9.17, 15) is 14.7 Å². The Morgan fingerprint density at radius 2 is 1.42 bits per heavy atom. The van der Waals surface area contributed by atoms with E-state index in [1.807, 2.05) is 0 Å². The van der Waals surface area contributed by atoms with E-state index in [1.165, 1.54) is 64.2 Å². The zero-order chi connectivity index (χ0) is 24.2. The molecule has 194 valence electrons. The van der Waals surface area contributed by atoms with Crippen molar-refractivity contribution in [3.63, 3.8) is 0 Å². The van der Waals surface area contributed by atoms with Crippen LogP contribution in [0.5, 0.6) is 0 Å². The van der Waals surface area contributed by atoms with Gasteiger partial charge in [-0.2, -0.15) is 0 Å². The van der Waals surface area contributed by atoms with E-state index in [0.29, 0.717) is 38.8 Å². The number of aliphatic hydroxyl groups excluding tert-OH is 1. The van der Waals surface area contributed by atoms with Gasteiger partial charge in [-0.05, 0) is 38.5 Å². The normalized spacial score (nSPS) is 18.1.